The second-order valence-corrected chi connectivity index (χ2v) is 2.50. The van der Waals surface area contributed by atoms with E-state index in [1.807, 2.05) is 0 Å². The molecule has 0 fully saturated rings. The number of allylic oxidation sites excluding steroid dienone is 1. The minimum atomic E-state index is -4.62. The van der Waals surface area contributed by atoms with Crippen LogP contribution >= 0.6 is 0 Å². The molecule has 0 saturated heterocycles. The molecule has 0 bridgehead atoms. The van der Waals surface area contributed by atoms with Crippen molar-refractivity contribution < 1.29 is 17.6 Å². The van der Waals surface area contributed by atoms with Crippen LogP contribution in [-0.2, 0) is 6.18 Å². The lowest BCUT2D eigenvalue weighted by molar-refractivity contribution is -0.141. The van der Waals surface area contributed by atoms with E-state index in [-0.39, 0.29) is 5.70 Å². The normalized spacial score (nSPS) is 11.8. The van der Waals surface area contributed by atoms with E-state index >= 15 is 0 Å². The quantitative estimate of drug-likeness (QED) is 0.628. The molecule has 72 valence electrons. The average molecular weight is 194 g/mol. The third-order valence-electron chi connectivity index (χ3n) is 1.32. The van der Waals surface area contributed by atoms with Gasteiger partial charge >= 0.3 is 6.18 Å². The number of hydrogen-bond donors (Lipinski definition) is 0. The first-order valence-electron chi connectivity index (χ1n) is 3.31. The Bertz CT molecular complexity index is 337. The topological polar surface area (TPSA) is 17.8 Å². The minimum absolute atomic E-state index is 0.0907. The lowest BCUT2D eigenvalue weighted by Gasteiger charge is -2.00. The van der Waals surface area contributed by atoms with Crippen LogP contribution in [0.4, 0.5) is 17.6 Å². The fourth-order valence-electron chi connectivity index (χ4n) is 0.765. The Labute approximate surface area is 71.5 Å². The Morgan fingerprint density at radius 2 is 2.08 bits per heavy atom. The summed E-state index contributed by atoms with van der Waals surface area (Å²) in [6, 6.07) is 0.328. The van der Waals surface area contributed by atoms with Crippen molar-refractivity contribution in [3.63, 3.8) is 0 Å². The molecule has 0 unspecified atom stereocenters. The van der Waals surface area contributed by atoms with Gasteiger partial charge in [0.1, 0.15) is 0 Å². The van der Waals surface area contributed by atoms with Gasteiger partial charge in [-0.25, -0.2) is 4.68 Å². The molecule has 0 saturated carbocycles. The van der Waals surface area contributed by atoms with Crippen LogP contribution < -0.4 is 0 Å². The highest BCUT2D eigenvalue weighted by Crippen LogP contribution is 2.28. The number of hydrogen-bond acceptors (Lipinski definition) is 1. The summed E-state index contributed by atoms with van der Waals surface area (Å²) >= 11 is 0. The molecule has 0 amide bonds. The van der Waals surface area contributed by atoms with Gasteiger partial charge in [0, 0.05) is 11.8 Å². The summed E-state index contributed by atoms with van der Waals surface area (Å²) in [5.74, 6) is -1.07. The van der Waals surface area contributed by atoms with E-state index in [1.165, 1.54) is 6.92 Å². The van der Waals surface area contributed by atoms with Crippen molar-refractivity contribution in [1.29, 1.82) is 0 Å². The highest BCUT2D eigenvalue weighted by Gasteiger charge is 2.35. The van der Waals surface area contributed by atoms with Crippen molar-refractivity contribution in [2.45, 2.75) is 13.1 Å². The van der Waals surface area contributed by atoms with Gasteiger partial charge in [0.25, 0.3) is 0 Å². The number of alkyl halides is 3. The SMILES string of the molecule is C=C(C)n1nc(C(F)(F)F)cc1F. The van der Waals surface area contributed by atoms with Crippen LogP contribution in [0.1, 0.15) is 12.6 Å². The lowest BCUT2D eigenvalue weighted by atomic mass is 10.4. The summed E-state index contributed by atoms with van der Waals surface area (Å²) in [4.78, 5) is 0. The molecule has 0 spiro atoms. The van der Waals surface area contributed by atoms with Crippen molar-refractivity contribution in [1.82, 2.24) is 9.78 Å². The average Bonchev–Trinajstić information content (AvgIpc) is 2.29. The Kier molecular flexibility index (Phi) is 2.15. The molecule has 0 aliphatic carbocycles. The van der Waals surface area contributed by atoms with Crippen LogP contribution in [0.15, 0.2) is 12.6 Å². The molecule has 1 rings (SSSR count). The molecule has 2 nitrogen and oxygen atoms in total. The Balaban J connectivity index is 3.17. The van der Waals surface area contributed by atoms with Gasteiger partial charge in [-0.1, -0.05) is 6.58 Å². The van der Waals surface area contributed by atoms with Gasteiger partial charge in [-0.3, -0.25) is 0 Å². The third kappa shape index (κ3) is 1.88. The van der Waals surface area contributed by atoms with E-state index < -0.39 is 17.8 Å². The van der Waals surface area contributed by atoms with Gasteiger partial charge in [0.2, 0.25) is 5.95 Å². The maximum absolute atomic E-state index is 12.7. The highest BCUT2D eigenvalue weighted by atomic mass is 19.4. The second kappa shape index (κ2) is 2.86. The third-order valence-corrected chi connectivity index (χ3v) is 1.32. The van der Waals surface area contributed by atoms with Crippen LogP contribution in [0.3, 0.4) is 0 Å². The van der Waals surface area contributed by atoms with Crippen molar-refractivity contribution in [2.24, 2.45) is 0 Å². The molecule has 1 heterocycles. The Morgan fingerprint density at radius 3 is 2.31 bits per heavy atom. The Hall–Kier alpha value is -1.33. The van der Waals surface area contributed by atoms with Crippen molar-refractivity contribution in [2.75, 3.05) is 0 Å². The van der Waals surface area contributed by atoms with E-state index in [0.29, 0.717) is 10.7 Å². The van der Waals surface area contributed by atoms with E-state index in [0.717, 1.165) is 0 Å². The van der Waals surface area contributed by atoms with Gasteiger partial charge in [0.05, 0.1) is 0 Å². The van der Waals surface area contributed by atoms with Crippen molar-refractivity contribution in [3.8, 4) is 0 Å². The van der Waals surface area contributed by atoms with E-state index in [2.05, 4.69) is 11.7 Å². The molecule has 0 radical (unpaired) electrons. The zero-order valence-corrected chi connectivity index (χ0v) is 6.69. The number of halogens is 4. The molecule has 0 aliphatic heterocycles. The van der Waals surface area contributed by atoms with Gasteiger partial charge in [-0.05, 0) is 6.92 Å². The molecule has 1 aromatic heterocycles. The summed E-state index contributed by atoms with van der Waals surface area (Å²) < 4.78 is 49.2. The first-order valence-corrected chi connectivity index (χ1v) is 3.31. The van der Waals surface area contributed by atoms with Gasteiger partial charge in [0.15, 0.2) is 5.69 Å². The molecule has 13 heavy (non-hydrogen) atoms. The van der Waals surface area contributed by atoms with Gasteiger partial charge in [-0.15, -0.1) is 0 Å². The van der Waals surface area contributed by atoms with Crippen LogP contribution in [0.5, 0.6) is 0 Å². The van der Waals surface area contributed by atoms with E-state index in [1.54, 1.807) is 0 Å². The molecule has 0 aromatic carbocycles. The smallest absolute Gasteiger partial charge is 0.211 e. The predicted octanol–water partition coefficient (Wildman–Crippen LogP) is 2.53. The summed E-state index contributed by atoms with van der Waals surface area (Å²) in [6.07, 6.45) is -4.62. The summed E-state index contributed by atoms with van der Waals surface area (Å²) in [7, 11) is 0. The van der Waals surface area contributed by atoms with E-state index in [9.17, 15) is 17.6 Å². The predicted molar refractivity (Wildman–Crippen MR) is 38.2 cm³/mol. The minimum Gasteiger partial charge on any atom is -0.211 e. The standard InChI is InChI=1S/C7H6F4N2/c1-4(2)13-6(8)3-5(12-13)7(9,10)11/h3H,1H2,2H3. The van der Waals surface area contributed by atoms with Gasteiger partial charge in [-0.2, -0.15) is 22.7 Å². The van der Waals surface area contributed by atoms with Gasteiger partial charge < -0.3 is 0 Å². The van der Waals surface area contributed by atoms with Crippen LogP contribution in [0.2, 0.25) is 0 Å². The fraction of sp³-hybridized carbons (Fsp3) is 0.286. The second-order valence-electron chi connectivity index (χ2n) is 2.50. The zero-order valence-electron chi connectivity index (χ0n) is 6.69. The summed E-state index contributed by atoms with van der Waals surface area (Å²) in [5, 5.41) is 3.00. The van der Waals surface area contributed by atoms with Crippen LogP contribution in [0, 0.1) is 5.95 Å². The zero-order chi connectivity index (χ0) is 10.2. The van der Waals surface area contributed by atoms with Crippen LogP contribution in [0.25, 0.3) is 5.70 Å². The van der Waals surface area contributed by atoms with Crippen molar-refractivity contribution >= 4 is 5.70 Å². The molecule has 0 N–H and O–H groups in total. The molecular weight excluding hydrogens is 188 g/mol. The highest BCUT2D eigenvalue weighted by molar-refractivity contribution is 5.36. The molecule has 6 heteroatoms. The summed E-state index contributed by atoms with van der Waals surface area (Å²) in [6.45, 7) is 4.63. The maximum atomic E-state index is 12.7. The monoisotopic (exact) mass is 194 g/mol. The Morgan fingerprint density at radius 1 is 1.54 bits per heavy atom. The summed E-state index contributed by atoms with van der Waals surface area (Å²) in [5.41, 5.74) is -1.17. The number of nitrogens with zero attached hydrogens (tertiary/aromatic N) is 2. The van der Waals surface area contributed by atoms with Crippen LogP contribution in [-0.4, -0.2) is 9.78 Å². The number of aromatic nitrogens is 2. The molecular formula is C7H6F4N2. The number of rotatable bonds is 1. The van der Waals surface area contributed by atoms with E-state index in [4.69, 9.17) is 0 Å². The largest absolute Gasteiger partial charge is 0.435 e. The lowest BCUT2D eigenvalue weighted by Crippen LogP contribution is -2.07. The molecule has 0 aliphatic rings. The fourth-order valence-corrected chi connectivity index (χ4v) is 0.765. The first-order chi connectivity index (χ1) is 5.82. The maximum Gasteiger partial charge on any atom is 0.435 e. The first kappa shape index (κ1) is 9.76. The van der Waals surface area contributed by atoms with Crippen molar-refractivity contribution in [3.05, 3.63) is 24.3 Å². The molecule has 0 atom stereocenters. The molecule has 1 aromatic rings.